The number of rotatable bonds is 4. The van der Waals surface area contributed by atoms with Crippen LogP contribution in [0.15, 0.2) is 18.2 Å². The van der Waals surface area contributed by atoms with Crippen LogP contribution in [0, 0.1) is 5.82 Å². The molecule has 0 fully saturated rings. The molecule has 1 aromatic carbocycles. The van der Waals surface area contributed by atoms with Gasteiger partial charge in [-0.05, 0) is 33.9 Å². The number of hydrogen-bond donors (Lipinski definition) is 1. The zero-order chi connectivity index (χ0) is 11.4. The zero-order valence-electron chi connectivity index (χ0n) is 9.67. The van der Waals surface area contributed by atoms with Gasteiger partial charge >= 0.3 is 0 Å². The topological polar surface area (TPSA) is 21.3 Å². The van der Waals surface area contributed by atoms with Crippen LogP contribution in [0.2, 0.25) is 0 Å². The van der Waals surface area contributed by atoms with Gasteiger partial charge in [0, 0.05) is 11.6 Å². The van der Waals surface area contributed by atoms with Crippen LogP contribution in [0.25, 0.3) is 0 Å². The van der Waals surface area contributed by atoms with Crippen molar-refractivity contribution in [3.8, 4) is 5.75 Å². The second kappa shape index (κ2) is 5.12. The van der Waals surface area contributed by atoms with E-state index in [1.165, 1.54) is 6.07 Å². The predicted octanol–water partition coefficient (Wildman–Crippen LogP) is 2.89. The SMILES string of the molecule is CNC(C)c1cccc(F)c1OC(C)C. The van der Waals surface area contributed by atoms with Gasteiger partial charge in [-0.25, -0.2) is 4.39 Å². The second-order valence-electron chi connectivity index (χ2n) is 3.84. The van der Waals surface area contributed by atoms with E-state index in [1.807, 2.05) is 33.9 Å². The molecule has 0 aliphatic carbocycles. The lowest BCUT2D eigenvalue weighted by molar-refractivity contribution is 0.227. The van der Waals surface area contributed by atoms with E-state index in [1.54, 1.807) is 6.07 Å². The molecule has 1 aromatic rings. The summed E-state index contributed by atoms with van der Waals surface area (Å²) in [6.07, 6.45) is -0.0234. The molecule has 0 aromatic heterocycles. The van der Waals surface area contributed by atoms with Crippen LogP contribution in [0.4, 0.5) is 4.39 Å². The Hall–Kier alpha value is -1.09. The molecule has 0 amide bonds. The van der Waals surface area contributed by atoms with Gasteiger partial charge < -0.3 is 10.1 Å². The first kappa shape index (κ1) is 12.0. The van der Waals surface area contributed by atoms with Crippen molar-refractivity contribution in [2.75, 3.05) is 7.05 Å². The average Bonchev–Trinajstić information content (AvgIpc) is 2.19. The summed E-state index contributed by atoms with van der Waals surface area (Å²) in [6, 6.07) is 5.08. The molecule has 84 valence electrons. The van der Waals surface area contributed by atoms with Crippen LogP contribution in [-0.4, -0.2) is 13.2 Å². The molecule has 0 bridgehead atoms. The highest BCUT2D eigenvalue weighted by molar-refractivity contribution is 5.37. The number of benzene rings is 1. The highest BCUT2D eigenvalue weighted by Crippen LogP contribution is 2.28. The molecule has 15 heavy (non-hydrogen) atoms. The van der Waals surface area contributed by atoms with Gasteiger partial charge in [0.2, 0.25) is 0 Å². The fourth-order valence-corrected chi connectivity index (χ4v) is 1.38. The zero-order valence-corrected chi connectivity index (χ0v) is 9.67. The third-order valence-electron chi connectivity index (χ3n) is 2.25. The van der Waals surface area contributed by atoms with E-state index in [4.69, 9.17) is 4.74 Å². The molecule has 2 nitrogen and oxygen atoms in total. The van der Waals surface area contributed by atoms with Gasteiger partial charge in [0.25, 0.3) is 0 Å². The summed E-state index contributed by atoms with van der Waals surface area (Å²) in [6.45, 7) is 5.75. The standard InChI is InChI=1S/C12H18FNO/c1-8(2)15-12-10(9(3)14-4)6-5-7-11(12)13/h5-9,14H,1-4H3. The van der Waals surface area contributed by atoms with Gasteiger partial charge in [-0.1, -0.05) is 12.1 Å². The summed E-state index contributed by atoms with van der Waals surface area (Å²) in [4.78, 5) is 0. The largest absolute Gasteiger partial charge is 0.488 e. The Labute approximate surface area is 90.4 Å². The van der Waals surface area contributed by atoms with Crippen molar-refractivity contribution in [1.29, 1.82) is 0 Å². The van der Waals surface area contributed by atoms with Crippen molar-refractivity contribution in [1.82, 2.24) is 5.32 Å². The summed E-state index contributed by atoms with van der Waals surface area (Å²) in [7, 11) is 1.84. The molecular formula is C12H18FNO. The van der Waals surface area contributed by atoms with Crippen LogP contribution >= 0.6 is 0 Å². The molecule has 0 saturated heterocycles. The number of ether oxygens (including phenoxy) is 1. The van der Waals surface area contributed by atoms with Crippen LogP contribution in [0.3, 0.4) is 0 Å². The molecule has 1 atom stereocenters. The van der Waals surface area contributed by atoms with E-state index >= 15 is 0 Å². The Morgan fingerprint density at radius 1 is 1.27 bits per heavy atom. The van der Waals surface area contributed by atoms with Crippen molar-refractivity contribution >= 4 is 0 Å². The Balaban J connectivity index is 3.08. The van der Waals surface area contributed by atoms with E-state index in [9.17, 15) is 4.39 Å². The van der Waals surface area contributed by atoms with Crippen molar-refractivity contribution < 1.29 is 9.13 Å². The molecular weight excluding hydrogens is 193 g/mol. The second-order valence-corrected chi connectivity index (χ2v) is 3.84. The molecule has 0 spiro atoms. The highest BCUT2D eigenvalue weighted by atomic mass is 19.1. The fourth-order valence-electron chi connectivity index (χ4n) is 1.38. The minimum atomic E-state index is -0.302. The van der Waals surface area contributed by atoms with E-state index in [-0.39, 0.29) is 18.0 Å². The average molecular weight is 211 g/mol. The number of para-hydroxylation sites is 1. The summed E-state index contributed by atoms with van der Waals surface area (Å²) in [5.41, 5.74) is 0.853. The lowest BCUT2D eigenvalue weighted by atomic mass is 10.1. The maximum Gasteiger partial charge on any atom is 0.165 e. The van der Waals surface area contributed by atoms with Gasteiger partial charge in [-0.3, -0.25) is 0 Å². The smallest absolute Gasteiger partial charge is 0.165 e. The van der Waals surface area contributed by atoms with E-state index in [2.05, 4.69) is 5.32 Å². The first-order valence-corrected chi connectivity index (χ1v) is 5.18. The van der Waals surface area contributed by atoms with Crippen molar-refractivity contribution in [3.05, 3.63) is 29.6 Å². The van der Waals surface area contributed by atoms with E-state index < -0.39 is 0 Å². The Kier molecular flexibility index (Phi) is 4.09. The molecule has 1 N–H and O–H groups in total. The van der Waals surface area contributed by atoms with Gasteiger partial charge in [0.15, 0.2) is 11.6 Å². The number of halogens is 1. The summed E-state index contributed by atoms with van der Waals surface area (Å²) in [5, 5.41) is 3.08. The van der Waals surface area contributed by atoms with Crippen molar-refractivity contribution in [3.63, 3.8) is 0 Å². The maximum atomic E-state index is 13.6. The molecule has 3 heteroatoms. The lowest BCUT2D eigenvalue weighted by Gasteiger charge is -2.18. The maximum absolute atomic E-state index is 13.6. The van der Waals surface area contributed by atoms with Crippen molar-refractivity contribution in [2.45, 2.75) is 32.9 Å². The third-order valence-corrected chi connectivity index (χ3v) is 2.25. The van der Waals surface area contributed by atoms with Gasteiger partial charge in [0.1, 0.15) is 0 Å². The van der Waals surface area contributed by atoms with Crippen LogP contribution in [0.1, 0.15) is 32.4 Å². The first-order valence-electron chi connectivity index (χ1n) is 5.18. The summed E-state index contributed by atoms with van der Waals surface area (Å²) in [5.74, 6) is 0.0534. The molecule has 1 unspecified atom stereocenters. The minimum Gasteiger partial charge on any atom is -0.488 e. The quantitative estimate of drug-likeness (QED) is 0.826. The Bertz CT molecular complexity index is 325. The van der Waals surface area contributed by atoms with Gasteiger partial charge in [0.05, 0.1) is 6.10 Å². The van der Waals surface area contributed by atoms with Gasteiger partial charge in [-0.15, -0.1) is 0 Å². The number of hydrogen-bond acceptors (Lipinski definition) is 2. The van der Waals surface area contributed by atoms with Crippen LogP contribution in [0.5, 0.6) is 5.75 Å². The lowest BCUT2D eigenvalue weighted by Crippen LogP contribution is -2.16. The van der Waals surface area contributed by atoms with Crippen molar-refractivity contribution in [2.24, 2.45) is 0 Å². The molecule has 0 radical (unpaired) electrons. The van der Waals surface area contributed by atoms with E-state index in [0.717, 1.165) is 5.56 Å². The Morgan fingerprint density at radius 3 is 2.47 bits per heavy atom. The minimum absolute atomic E-state index is 0.0234. The fraction of sp³-hybridized carbons (Fsp3) is 0.500. The summed E-state index contributed by atoms with van der Waals surface area (Å²) >= 11 is 0. The van der Waals surface area contributed by atoms with Crippen LogP contribution < -0.4 is 10.1 Å². The molecule has 0 aliphatic rings. The highest BCUT2D eigenvalue weighted by Gasteiger charge is 2.15. The van der Waals surface area contributed by atoms with Gasteiger partial charge in [-0.2, -0.15) is 0 Å². The number of nitrogens with one attached hydrogen (secondary N) is 1. The predicted molar refractivity (Wildman–Crippen MR) is 59.6 cm³/mol. The van der Waals surface area contributed by atoms with Crippen LogP contribution in [-0.2, 0) is 0 Å². The normalized spacial score (nSPS) is 12.9. The molecule has 0 saturated carbocycles. The molecule has 0 aliphatic heterocycles. The monoisotopic (exact) mass is 211 g/mol. The third kappa shape index (κ3) is 2.93. The Morgan fingerprint density at radius 2 is 1.93 bits per heavy atom. The van der Waals surface area contributed by atoms with E-state index in [0.29, 0.717) is 5.75 Å². The first-order chi connectivity index (χ1) is 7.06. The molecule has 0 heterocycles. The summed E-state index contributed by atoms with van der Waals surface area (Å²) < 4.78 is 19.0. The molecule has 1 rings (SSSR count).